The zero-order valence-electron chi connectivity index (χ0n) is 8.22. The molecule has 0 radical (unpaired) electrons. The zero-order valence-corrected chi connectivity index (χ0v) is 8.22. The van der Waals surface area contributed by atoms with Crippen LogP contribution in [0.4, 0.5) is 0 Å². The highest BCUT2D eigenvalue weighted by molar-refractivity contribution is 4.80. The fraction of sp³-hybridized carbons (Fsp3) is 1.00. The molecule has 0 aliphatic carbocycles. The summed E-state index contributed by atoms with van der Waals surface area (Å²) in [7, 11) is 0. The molecule has 1 unspecified atom stereocenters. The molecule has 1 rings (SSSR count). The van der Waals surface area contributed by atoms with E-state index in [4.69, 9.17) is 9.57 Å². The lowest BCUT2D eigenvalue weighted by molar-refractivity contribution is -0.0917. The van der Waals surface area contributed by atoms with Gasteiger partial charge in [0, 0.05) is 12.6 Å². The number of hydrogen-bond acceptors (Lipinski definition) is 3. The van der Waals surface area contributed by atoms with Gasteiger partial charge in [-0.3, -0.25) is 0 Å². The van der Waals surface area contributed by atoms with Gasteiger partial charge in [-0.1, -0.05) is 0 Å². The molecule has 0 aromatic heterocycles. The highest BCUT2D eigenvalue weighted by atomic mass is 16.6. The molecule has 1 aliphatic rings. The predicted molar refractivity (Wildman–Crippen MR) is 47.8 cm³/mol. The minimum Gasteiger partial charge on any atom is -0.375 e. The maximum Gasteiger partial charge on any atom is 0.0654 e. The third-order valence-corrected chi connectivity index (χ3v) is 2.09. The van der Waals surface area contributed by atoms with Gasteiger partial charge in [-0.15, -0.1) is 0 Å². The van der Waals surface area contributed by atoms with Gasteiger partial charge in [0.25, 0.3) is 0 Å². The van der Waals surface area contributed by atoms with Crippen molar-refractivity contribution < 1.29 is 9.57 Å². The Morgan fingerprint density at radius 3 is 2.92 bits per heavy atom. The van der Waals surface area contributed by atoms with Crippen LogP contribution in [0.2, 0.25) is 0 Å². The Kier molecular flexibility index (Phi) is 3.50. The quantitative estimate of drug-likeness (QED) is 0.656. The predicted octanol–water partition coefficient (Wildman–Crippen LogP) is 1.49. The van der Waals surface area contributed by atoms with E-state index in [1.807, 2.05) is 6.92 Å². The van der Waals surface area contributed by atoms with Crippen molar-refractivity contribution in [2.75, 3.05) is 13.2 Å². The minimum absolute atomic E-state index is 0.00696. The summed E-state index contributed by atoms with van der Waals surface area (Å²) in [4.78, 5) is 5.16. The Hall–Kier alpha value is -0.120. The first kappa shape index (κ1) is 9.96. The summed E-state index contributed by atoms with van der Waals surface area (Å²) >= 11 is 0. The van der Waals surface area contributed by atoms with Crippen LogP contribution in [0.15, 0.2) is 0 Å². The molecule has 0 aromatic carbocycles. The first-order chi connectivity index (χ1) is 5.64. The number of rotatable bonds is 3. The molecule has 3 nitrogen and oxygen atoms in total. The molecule has 0 saturated carbocycles. The standard InChI is InChI=1S/C9H19NO2/c1-4-12-10-8-5-6-11-9(2,3)7-8/h8,10H,4-7H2,1-3H3. The maximum atomic E-state index is 5.58. The molecule has 0 amide bonds. The molecule has 1 heterocycles. The van der Waals surface area contributed by atoms with Crippen molar-refractivity contribution in [3.05, 3.63) is 0 Å². The highest BCUT2D eigenvalue weighted by Gasteiger charge is 2.28. The van der Waals surface area contributed by atoms with Crippen molar-refractivity contribution in [2.45, 2.75) is 45.3 Å². The number of nitrogens with one attached hydrogen (secondary N) is 1. The lowest BCUT2D eigenvalue weighted by Crippen LogP contribution is -2.43. The molecule has 12 heavy (non-hydrogen) atoms. The third kappa shape index (κ3) is 3.09. The first-order valence-corrected chi connectivity index (χ1v) is 4.65. The van der Waals surface area contributed by atoms with E-state index in [1.54, 1.807) is 0 Å². The third-order valence-electron chi connectivity index (χ3n) is 2.09. The molecule has 1 fully saturated rings. The maximum absolute atomic E-state index is 5.58. The molecule has 72 valence electrons. The van der Waals surface area contributed by atoms with E-state index < -0.39 is 0 Å². The SMILES string of the molecule is CCONC1CCOC(C)(C)C1. The van der Waals surface area contributed by atoms with E-state index in [1.165, 1.54) is 0 Å². The second kappa shape index (κ2) is 4.21. The summed E-state index contributed by atoms with van der Waals surface area (Å²) in [5.41, 5.74) is 3.05. The van der Waals surface area contributed by atoms with Gasteiger partial charge in [0.05, 0.1) is 12.2 Å². The van der Waals surface area contributed by atoms with Gasteiger partial charge in [-0.2, -0.15) is 5.48 Å². The molecule has 0 bridgehead atoms. The van der Waals surface area contributed by atoms with Crippen LogP contribution in [0, 0.1) is 0 Å². The van der Waals surface area contributed by atoms with Crippen LogP contribution in [0.3, 0.4) is 0 Å². The number of ether oxygens (including phenoxy) is 1. The Labute approximate surface area is 74.4 Å². The average molecular weight is 173 g/mol. The van der Waals surface area contributed by atoms with E-state index in [9.17, 15) is 0 Å². The first-order valence-electron chi connectivity index (χ1n) is 4.65. The van der Waals surface area contributed by atoms with Crippen molar-refractivity contribution in [1.29, 1.82) is 0 Å². The van der Waals surface area contributed by atoms with Gasteiger partial charge in [0.15, 0.2) is 0 Å². The zero-order chi connectivity index (χ0) is 9.03. The summed E-state index contributed by atoms with van der Waals surface area (Å²) in [5, 5.41) is 0. The lowest BCUT2D eigenvalue weighted by atomic mass is 9.95. The van der Waals surface area contributed by atoms with E-state index >= 15 is 0 Å². The van der Waals surface area contributed by atoms with Crippen LogP contribution in [0.5, 0.6) is 0 Å². The number of hydrogen-bond donors (Lipinski definition) is 1. The fourth-order valence-corrected chi connectivity index (χ4v) is 1.53. The average Bonchev–Trinajstić information content (AvgIpc) is 1.99. The molecular weight excluding hydrogens is 154 g/mol. The summed E-state index contributed by atoms with van der Waals surface area (Å²) < 4.78 is 5.58. The van der Waals surface area contributed by atoms with Gasteiger partial charge in [-0.25, -0.2) is 0 Å². The van der Waals surface area contributed by atoms with E-state index in [-0.39, 0.29) is 5.60 Å². The Morgan fingerprint density at radius 1 is 1.58 bits per heavy atom. The van der Waals surface area contributed by atoms with Crippen LogP contribution in [-0.4, -0.2) is 24.9 Å². The van der Waals surface area contributed by atoms with Crippen LogP contribution in [0.1, 0.15) is 33.6 Å². The van der Waals surface area contributed by atoms with Gasteiger partial charge in [0.1, 0.15) is 0 Å². The van der Waals surface area contributed by atoms with Crippen LogP contribution in [0.25, 0.3) is 0 Å². The number of hydroxylamine groups is 1. The molecular formula is C9H19NO2. The minimum atomic E-state index is 0.00696. The normalized spacial score (nSPS) is 28.8. The van der Waals surface area contributed by atoms with Crippen molar-refractivity contribution >= 4 is 0 Å². The second-order valence-corrected chi connectivity index (χ2v) is 3.85. The summed E-state index contributed by atoms with van der Waals surface area (Å²) in [6, 6.07) is 0.452. The Balaban J connectivity index is 2.26. The molecule has 1 atom stereocenters. The van der Waals surface area contributed by atoms with Crippen LogP contribution < -0.4 is 5.48 Å². The van der Waals surface area contributed by atoms with Crippen LogP contribution in [-0.2, 0) is 9.57 Å². The lowest BCUT2D eigenvalue weighted by Gasteiger charge is -2.35. The summed E-state index contributed by atoms with van der Waals surface area (Å²) in [5.74, 6) is 0. The Bertz CT molecular complexity index is 136. The van der Waals surface area contributed by atoms with Gasteiger partial charge in [-0.05, 0) is 33.6 Å². The smallest absolute Gasteiger partial charge is 0.0654 e. The van der Waals surface area contributed by atoms with Gasteiger partial charge in [0.2, 0.25) is 0 Å². The molecule has 0 spiro atoms. The fourth-order valence-electron chi connectivity index (χ4n) is 1.53. The molecule has 0 aromatic rings. The molecule has 3 heteroatoms. The second-order valence-electron chi connectivity index (χ2n) is 3.85. The molecule has 1 N–H and O–H groups in total. The van der Waals surface area contributed by atoms with Gasteiger partial charge < -0.3 is 9.57 Å². The molecule has 1 saturated heterocycles. The van der Waals surface area contributed by atoms with Crippen molar-refractivity contribution in [3.8, 4) is 0 Å². The molecule has 1 aliphatic heterocycles. The summed E-state index contributed by atoms with van der Waals surface area (Å²) in [6.07, 6.45) is 2.07. The highest BCUT2D eigenvalue weighted by Crippen LogP contribution is 2.23. The van der Waals surface area contributed by atoms with E-state index in [0.29, 0.717) is 6.04 Å². The van der Waals surface area contributed by atoms with E-state index in [2.05, 4.69) is 19.3 Å². The van der Waals surface area contributed by atoms with E-state index in [0.717, 1.165) is 26.1 Å². The van der Waals surface area contributed by atoms with Crippen molar-refractivity contribution in [1.82, 2.24) is 5.48 Å². The van der Waals surface area contributed by atoms with Crippen molar-refractivity contribution in [3.63, 3.8) is 0 Å². The largest absolute Gasteiger partial charge is 0.375 e. The monoisotopic (exact) mass is 173 g/mol. The topological polar surface area (TPSA) is 30.5 Å². The summed E-state index contributed by atoms with van der Waals surface area (Å²) in [6.45, 7) is 7.77. The van der Waals surface area contributed by atoms with Gasteiger partial charge >= 0.3 is 0 Å². The Morgan fingerprint density at radius 2 is 2.33 bits per heavy atom. The van der Waals surface area contributed by atoms with Crippen LogP contribution >= 0.6 is 0 Å². The van der Waals surface area contributed by atoms with Crippen molar-refractivity contribution in [2.24, 2.45) is 0 Å².